The van der Waals surface area contributed by atoms with Crippen LogP contribution in [0.1, 0.15) is 5.56 Å². The van der Waals surface area contributed by atoms with Crippen LogP contribution in [0.5, 0.6) is 5.75 Å². The molecule has 0 aliphatic rings. The van der Waals surface area contributed by atoms with Gasteiger partial charge in [-0.1, -0.05) is 0 Å². The topological polar surface area (TPSA) is 61.5 Å². The summed E-state index contributed by atoms with van der Waals surface area (Å²) in [5.74, 6) is -1.01. The Morgan fingerprint density at radius 1 is 1.47 bits per heavy atom. The molecule has 0 saturated heterocycles. The number of methoxy groups -OCH3 is 2. The van der Waals surface area contributed by atoms with Crippen molar-refractivity contribution in [3.8, 4) is 5.75 Å². The van der Waals surface area contributed by atoms with Crippen LogP contribution in [0.4, 0.5) is 10.1 Å². The first-order valence-corrected chi connectivity index (χ1v) is 4.27. The lowest BCUT2D eigenvalue weighted by molar-refractivity contribution is -0.139. The van der Waals surface area contributed by atoms with E-state index >= 15 is 0 Å². The van der Waals surface area contributed by atoms with E-state index in [2.05, 4.69) is 4.74 Å². The fourth-order valence-electron chi connectivity index (χ4n) is 1.17. The molecule has 0 radical (unpaired) electrons. The number of ether oxygens (including phenoxy) is 2. The van der Waals surface area contributed by atoms with Gasteiger partial charge in [0.1, 0.15) is 0 Å². The first-order valence-electron chi connectivity index (χ1n) is 4.27. The van der Waals surface area contributed by atoms with Crippen LogP contribution in [0.3, 0.4) is 0 Å². The van der Waals surface area contributed by atoms with Crippen molar-refractivity contribution >= 4 is 11.7 Å². The van der Waals surface area contributed by atoms with Crippen LogP contribution in [0, 0.1) is 5.82 Å². The van der Waals surface area contributed by atoms with Gasteiger partial charge < -0.3 is 15.2 Å². The molecule has 0 spiro atoms. The second-order valence-corrected chi connectivity index (χ2v) is 2.95. The molecule has 1 aromatic rings. The van der Waals surface area contributed by atoms with E-state index in [4.69, 9.17) is 10.5 Å². The molecule has 2 N–H and O–H groups in total. The van der Waals surface area contributed by atoms with Gasteiger partial charge in [0.2, 0.25) is 0 Å². The number of benzene rings is 1. The Hall–Kier alpha value is -1.78. The number of carbonyl (C=O) groups is 1. The maximum absolute atomic E-state index is 13.2. The van der Waals surface area contributed by atoms with Crippen molar-refractivity contribution in [3.05, 3.63) is 23.5 Å². The van der Waals surface area contributed by atoms with Gasteiger partial charge in [0, 0.05) is 0 Å². The van der Waals surface area contributed by atoms with E-state index in [1.165, 1.54) is 26.4 Å². The normalized spacial score (nSPS) is 9.80. The molecular formula is C10H12FNO3. The van der Waals surface area contributed by atoms with Crippen LogP contribution in [0.2, 0.25) is 0 Å². The quantitative estimate of drug-likeness (QED) is 0.604. The van der Waals surface area contributed by atoms with Crippen molar-refractivity contribution in [3.63, 3.8) is 0 Å². The molecule has 1 rings (SSSR count). The maximum Gasteiger partial charge on any atom is 0.309 e. The third-order valence-electron chi connectivity index (χ3n) is 1.92. The number of hydrogen-bond donors (Lipinski definition) is 1. The van der Waals surface area contributed by atoms with Gasteiger partial charge in [-0.15, -0.1) is 0 Å². The number of carbonyl (C=O) groups excluding carboxylic acids is 1. The molecule has 15 heavy (non-hydrogen) atoms. The Morgan fingerprint density at radius 3 is 2.67 bits per heavy atom. The smallest absolute Gasteiger partial charge is 0.309 e. The molecular weight excluding hydrogens is 201 g/mol. The van der Waals surface area contributed by atoms with Gasteiger partial charge in [0.25, 0.3) is 0 Å². The minimum atomic E-state index is -0.619. The number of halogens is 1. The molecule has 0 aliphatic heterocycles. The summed E-state index contributed by atoms with van der Waals surface area (Å²) < 4.78 is 22.5. The van der Waals surface area contributed by atoms with Gasteiger partial charge in [-0.25, -0.2) is 4.39 Å². The molecule has 0 saturated carbocycles. The number of nitrogen functional groups attached to an aromatic ring is 1. The summed E-state index contributed by atoms with van der Waals surface area (Å²) in [6.45, 7) is 0. The average Bonchev–Trinajstić information content (AvgIpc) is 2.22. The monoisotopic (exact) mass is 213 g/mol. The van der Waals surface area contributed by atoms with Gasteiger partial charge >= 0.3 is 5.97 Å². The summed E-state index contributed by atoms with van der Waals surface area (Å²) in [6.07, 6.45) is 0.0390. The van der Waals surface area contributed by atoms with Gasteiger partial charge in [-0.05, 0) is 17.7 Å². The fourth-order valence-corrected chi connectivity index (χ4v) is 1.17. The number of hydrogen-bond acceptors (Lipinski definition) is 4. The summed E-state index contributed by atoms with van der Waals surface area (Å²) in [5.41, 5.74) is 5.91. The Bertz CT molecular complexity index is 379. The molecule has 0 bridgehead atoms. The number of esters is 1. The lowest BCUT2D eigenvalue weighted by Crippen LogP contribution is -2.06. The lowest BCUT2D eigenvalue weighted by Gasteiger charge is -2.07. The molecule has 4 nitrogen and oxygen atoms in total. The zero-order valence-corrected chi connectivity index (χ0v) is 8.54. The number of nitrogens with two attached hydrogens (primary N) is 1. The van der Waals surface area contributed by atoms with Crippen LogP contribution in [-0.4, -0.2) is 20.2 Å². The zero-order chi connectivity index (χ0) is 11.4. The Morgan fingerprint density at radius 2 is 2.13 bits per heavy atom. The second kappa shape index (κ2) is 4.63. The van der Waals surface area contributed by atoms with Crippen molar-refractivity contribution < 1.29 is 18.7 Å². The molecule has 0 amide bonds. The Kier molecular flexibility index (Phi) is 3.49. The van der Waals surface area contributed by atoms with E-state index in [1.807, 2.05) is 0 Å². The third-order valence-corrected chi connectivity index (χ3v) is 1.92. The molecule has 0 aromatic heterocycles. The lowest BCUT2D eigenvalue weighted by atomic mass is 10.1. The first-order chi connectivity index (χ1) is 7.08. The van der Waals surface area contributed by atoms with Gasteiger partial charge in [0.15, 0.2) is 11.6 Å². The minimum absolute atomic E-state index is 0.0221. The Balaban J connectivity index is 3.00. The van der Waals surface area contributed by atoms with E-state index in [-0.39, 0.29) is 17.9 Å². The average molecular weight is 213 g/mol. The minimum Gasteiger partial charge on any atom is -0.494 e. The first kappa shape index (κ1) is 11.3. The molecule has 0 unspecified atom stereocenters. The van der Waals surface area contributed by atoms with E-state index in [0.29, 0.717) is 5.56 Å². The highest BCUT2D eigenvalue weighted by atomic mass is 19.1. The molecule has 1 aromatic carbocycles. The maximum atomic E-state index is 13.2. The SMILES string of the molecule is COC(=O)Cc1cc(N)c(F)c(OC)c1. The molecule has 5 heteroatoms. The van der Waals surface area contributed by atoms with E-state index in [9.17, 15) is 9.18 Å². The Labute approximate surface area is 86.8 Å². The predicted molar refractivity (Wildman–Crippen MR) is 53.1 cm³/mol. The standard InChI is InChI=1S/C10H12FNO3/c1-14-8-4-6(5-9(13)15-2)3-7(12)10(8)11/h3-4H,5,12H2,1-2H3. The number of anilines is 1. The van der Waals surface area contributed by atoms with Crippen molar-refractivity contribution in [2.75, 3.05) is 20.0 Å². The zero-order valence-electron chi connectivity index (χ0n) is 8.54. The van der Waals surface area contributed by atoms with Crippen molar-refractivity contribution in [2.45, 2.75) is 6.42 Å². The largest absolute Gasteiger partial charge is 0.494 e. The summed E-state index contributed by atoms with van der Waals surface area (Å²) in [6, 6.07) is 2.80. The van der Waals surface area contributed by atoms with Gasteiger partial charge in [0.05, 0.1) is 26.3 Å². The van der Waals surface area contributed by atoms with E-state index < -0.39 is 11.8 Å². The van der Waals surface area contributed by atoms with Crippen molar-refractivity contribution in [1.29, 1.82) is 0 Å². The molecule has 0 aliphatic carbocycles. The highest BCUT2D eigenvalue weighted by Gasteiger charge is 2.11. The second-order valence-electron chi connectivity index (χ2n) is 2.95. The van der Waals surface area contributed by atoms with Crippen LogP contribution in [-0.2, 0) is 16.0 Å². The third kappa shape index (κ3) is 2.59. The fraction of sp³-hybridized carbons (Fsp3) is 0.300. The highest BCUT2D eigenvalue weighted by molar-refractivity contribution is 5.73. The summed E-state index contributed by atoms with van der Waals surface area (Å²) in [5, 5.41) is 0. The molecule has 82 valence electrons. The molecule has 0 fully saturated rings. The van der Waals surface area contributed by atoms with Crippen molar-refractivity contribution in [1.82, 2.24) is 0 Å². The summed E-state index contributed by atoms with van der Waals surface area (Å²) >= 11 is 0. The number of rotatable bonds is 3. The van der Waals surface area contributed by atoms with Crippen LogP contribution in [0.15, 0.2) is 12.1 Å². The van der Waals surface area contributed by atoms with Crippen LogP contribution >= 0.6 is 0 Å². The predicted octanol–water partition coefficient (Wildman–Crippen LogP) is 1.13. The van der Waals surface area contributed by atoms with Crippen molar-refractivity contribution in [2.24, 2.45) is 0 Å². The van der Waals surface area contributed by atoms with E-state index in [0.717, 1.165) is 0 Å². The summed E-state index contributed by atoms with van der Waals surface area (Å²) in [4.78, 5) is 11.0. The van der Waals surface area contributed by atoms with Gasteiger partial charge in [-0.2, -0.15) is 0 Å². The molecule has 0 atom stereocenters. The van der Waals surface area contributed by atoms with Gasteiger partial charge in [-0.3, -0.25) is 4.79 Å². The van der Waals surface area contributed by atoms with Crippen LogP contribution in [0.25, 0.3) is 0 Å². The highest BCUT2D eigenvalue weighted by Crippen LogP contribution is 2.24. The van der Waals surface area contributed by atoms with Crippen LogP contribution < -0.4 is 10.5 Å². The van der Waals surface area contributed by atoms with E-state index in [1.54, 1.807) is 0 Å². The summed E-state index contributed by atoms with van der Waals surface area (Å²) in [7, 11) is 2.62. The molecule has 0 heterocycles.